The van der Waals surface area contributed by atoms with Crippen LogP contribution in [0.4, 0.5) is 13.2 Å². The topological polar surface area (TPSA) is 35.2 Å². The first kappa shape index (κ1) is 14.4. The Labute approximate surface area is 117 Å². The second-order valence-electron chi connectivity index (χ2n) is 4.37. The Morgan fingerprint density at radius 3 is 2.63 bits per heavy atom. The van der Waals surface area contributed by atoms with E-state index in [0.717, 1.165) is 12.5 Å². The van der Waals surface area contributed by atoms with E-state index in [9.17, 15) is 13.2 Å². The van der Waals surface area contributed by atoms with E-state index in [2.05, 4.69) is 15.9 Å². The molecule has 0 spiro atoms. The monoisotopic (exact) mass is 335 g/mol. The largest absolute Gasteiger partial charge is 0.501 e. The molecule has 1 atom stereocenters. The van der Waals surface area contributed by atoms with Crippen LogP contribution in [0.25, 0.3) is 0 Å². The van der Waals surface area contributed by atoms with E-state index in [-0.39, 0.29) is 5.56 Å². The van der Waals surface area contributed by atoms with Crippen molar-refractivity contribution in [3.63, 3.8) is 0 Å². The van der Waals surface area contributed by atoms with Crippen molar-refractivity contribution in [1.29, 1.82) is 0 Å². The first-order valence-corrected chi connectivity index (χ1v) is 6.61. The third-order valence-corrected chi connectivity index (χ3v) is 3.51. The molecule has 2 nitrogen and oxygen atoms in total. The lowest BCUT2D eigenvalue weighted by atomic mass is 9.92. The highest BCUT2D eigenvalue weighted by atomic mass is 79.9. The maximum absolute atomic E-state index is 13.0. The van der Waals surface area contributed by atoms with Crippen molar-refractivity contribution >= 4 is 15.9 Å². The molecule has 0 amide bonds. The van der Waals surface area contributed by atoms with Gasteiger partial charge in [-0.2, -0.15) is 13.2 Å². The fraction of sp³-hybridized carbons (Fsp3) is 0.385. The summed E-state index contributed by atoms with van der Waals surface area (Å²) in [6.07, 6.45) is -1.50. The molecule has 1 aromatic rings. The number of alkyl halides is 3. The van der Waals surface area contributed by atoms with Crippen LogP contribution in [0.5, 0.6) is 0 Å². The number of benzene rings is 1. The van der Waals surface area contributed by atoms with E-state index in [0.29, 0.717) is 23.1 Å². The van der Waals surface area contributed by atoms with Gasteiger partial charge < -0.3 is 10.5 Å². The zero-order valence-corrected chi connectivity index (χ0v) is 11.6. The highest BCUT2D eigenvalue weighted by Crippen LogP contribution is 2.38. The van der Waals surface area contributed by atoms with Gasteiger partial charge >= 0.3 is 6.18 Å². The molecule has 1 unspecified atom stereocenters. The Bertz CT molecular complexity index is 499. The van der Waals surface area contributed by atoms with Crippen molar-refractivity contribution in [2.45, 2.75) is 25.1 Å². The lowest BCUT2D eigenvalue weighted by Crippen LogP contribution is -2.21. The Morgan fingerprint density at radius 1 is 1.32 bits per heavy atom. The Kier molecular flexibility index (Phi) is 4.20. The number of ether oxygens (including phenoxy) is 1. The molecule has 2 N–H and O–H groups in total. The molecule has 1 aliphatic heterocycles. The minimum atomic E-state index is -4.42. The van der Waals surface area contributed by atoms with E-state index >= 15 is 0 Å². The summed E-state index contributed by atoms with van der Waals surface area (Å²) in [6.45, 7) is 0.586. The summed E-state index contributed by atoms with van der Waals surface area (Å²) < 4.78 is 44.6. The van der Waals surface area contributed by atoms with Crippen LogP contribution in [0.2, 0.25) is 0 Å². The highest BCUT2D eigenvalue weighted by Gasteiger charge is 2.35. The Morgan fingerprint density at radius 2 is 2.05 bits per heavy atom. The molecular formula is C13H13BrF3NO. The van der Waals surface area contributed by atoms with Crippen molar-refractivity contribution in [3.05, 3.63) is 45.6 Å². The molecule has 0 aromatic heterocycles. The van der Waals surface area contributed by atoms with Gasteiger partial charge in [0.05, 0.1) is 24.5 Å². The summed E-state index contributed by atoms with van der Waals surface area (Å²) >= 11 is 3.05. The molecule has 2 rings (SSSR count). The number of rotatable bonds is 2. The average Bonchev–Trinajstić information content (AvgIpc) is 2.38. The molecule has 0 radical (unpaired) electrons. The molecule has 19 heavy (non-hydrogen) atoms. The summed E-state index contributed by atoms with van der Waals surface area (Å²) in [4.78, 5) is 0. The van der Waals surface area contributed by atoms with Gasteiger partial charge in [0.25, 0.3) is 0 Å². The highest BCUT2D eigenvalue weighted by molar-refractivity contribution is 9.10. The second kappa shape index (κ2) is 5.54. The molecule has 0 saturated heterocycles. The summed E-state index contributed by atoms with van der Waals surface area (Å²) in [5.74, 6) is 0. The zero-order chi connectivity index (χ0) is 14.0. The van der Waals surface area contributed by atoms with Gasteiger partial charge in [0.15, 0.2) is 0 Å². The molecule has 0 fully saturated rings. The molecule has 6 heteroatoms. The Balaban J connectivity index is 2.41. The van der Waals surface area contributed by atoms with Crippen molar-refractivity contribution < 1.29 is 17.9 Å². The van der Waals surface area contributed by atoms with E-state index in [1.54, 1.807) is 6.07 Å². The Hall–Kier alpha value is -1.01. The van der Waals surface area contributed by atoms with Gasteiger partial charge in [0.1, 0.15) is 0 Å². The van der Waals surface area contributed by atoms with Crippen LogP contribution in [-0.2, 0) is 10.9 Å². The minimum absolute atomic E-state index is 0.0763. The van der Waals surface area contributed by atoms with Crippen LogP contribution in [0, 0.1) is 0 Å². The fourth-order valence-corrected chi connectivity index (χ4v) is 2.42. The van der Waals surface area contributed by atoms with Crippen molar-refractivity contribution in [1.82, 2.24) is 0 Å². The summed E-state index contributed by atoms with van der Waals surface area (Å²) in [6, 6.07) is 3.24. The molecule has 1 heterocycles. The quantitative estimate of drug-likeness (QED) is 0.880. The maximum Gasteiger partial charge on any atom is 0.416 e. The SMILES string of the molecule is NC(C1=COCCC1)c1ccc(Br)cc1C(F)(F)F. The van der Waals surface area contributed by atoms with E-state index in [1.165, 1.54) is 12.3 Å². The van der Waals surface area contributed by atoms with Crippen molar-refractivity contribution in [3.8, 4) is 0 Å². The first-order chi connectivity index (χ1) is 8.89. The number of hydrogen-bond donors (Lipinski definition) is 1. The number of nitrogens with two attached hydrogens (primary N) is 1. The van der Waals surface area contributed by atoms with Gasteiger partial charge in [0.2, 0.25) is 0 Å². The number of hydrogen-bond acceptors (Lipinski definition) is 2. The third-order valence-electron chi connectivity index (χ3n) is 3.02. The summed E-state index contributed by atoms with van der Waals surface area (Å²) in [5, 5.41) is 0. The predicted octanol–water partition coefficient (Wildman–Crippen LogP) is 4.16. The van der Waals surface area contributed by atoms with E-state index < -0.39 is 17.8 Å². The minimum Gasteiger partial charge on any atom is -0.501 e. The lowest BCUT2D eigenvalue weighted by Gasteiger charge is -2.23. The molecular weight excluding hydrogens is 323 g/mol. The van der Waals surface area contributed by atoms with Gasteiger partial charge in [0, 0.05) is 4.47 Å². The number of halogens is 4. The van der Waals surface area contributed by atoms with Gasteiger partial charge in [-0.25, -0.2) is 0 Å². The molecule has 1 aliphatic rings. The fourth-order valence-electron chi connectivity index (χ4n) is 2.06. The molecule has 0 bridgehead atoms. The van der Waals surface area contributed by atoms with E-state index in [1.807, 2.05) is 0 Å². The summed E-state index contributed by atoms with van der Waals surface area (Å²) in [5.41, 5.74) is 6.02. The molecule has 1 aromatic carbocycles. The second-order valence-corrected chi connectivity index (χ2v) is 5.29. The van der Waals surface area contributed by atoms with Crippen LogP contribution in [0.3, 0.4) is 0 Å². The predicted molar refractivity (Wildman–Crippen MR) is 69.3 cm³/mol. The van der Waals surface area contributed by atoms with Crippen molar-refractivity contribution in [2.75, 3.05) is 6.61 Å². The molecule has 104 valence electrons. The van der Waals surface area contributed by atoms with Crippen LogP contribution in [0.15, 0.2) is 34.5 Å². The van der Waals surface area contributed by atoms with Crippen LogP contribution in [-0.4, -0.2) is 6.61 Å². The van der Waals surface area contributed by atoms with Crippen LogP contribution >= 0.6 is 15.9 Å². The van der Waals surface area contributed by atoms with Crippen LogP contribution < -0.4 is 5.73 Å². The lowest BCUT2D eigenvalue weighted by molar-refractivity contribution is -0.138. The smallest absolute Gasteiger partial charge is 0.416 e. The van der Waals surface area contributed by atoms with Gasteiger partial charge in [-0.1, -0.05) is 22.0 Å². The third kappa shape index (κ3) is 3.30. The molecule has 0 aliphatic carbocycles. The first-order valence-electron chi connectivity index (χ1n) is 5.82. The van der Waals surface area contributed by atoms with Crippen molar-refractivity contribution in [2.24, 2.45) is 5.73 Å². The van der Waals surface area contributed by atoms with E-state index in [4.69, 9.17) is 10.5 Å². The van der Waals surface area contributed by atoms with Gasteiger partial charge in [-0.15, -0.1) is 0 Å². The molecule has 0 saturated carbocycles. The zero-order valence-electron chi connectivity index (χ0n) is 10.0. The standard InChI is InChI=1S/C13H13BrF3NO/c14-9-3-4-10(11(6-9)13(15,16)17)12(18)8-2-1-5-19-7-8/h3-4,6-7,12H,1-2,5,18H2. The van der Waals surface area contributed by atoms with Gasteiger partial charge in [-0.3, -0.25) is 0 Å². The summed E-state index contributed by atoms with van der Waals surface area (Å²) in [7, 11) is 0. The average molecular weight is 336 g/mol. The normalized spacial score (nSPS) is 17.6. The van der Waals surface area contributed by atoms with Crippen LogP contribution in [0.1, 0.15) is 30.0 Å². The maximum atomic E-state index is 13.0. The van der Waals surface area contributed by atoms with Gasteiger partial charge in [-0.05, 0) is 36.1 Å².